The van der Waals surface area contributed by atoms with E-state index in [1.165, 1.54) is 33.2 Å². The van der Waals surface area contributed by atoms with Gasteiger partial charge in [0.05, 0.1) is 11.0 Å². The molecule has 2 amide bonds. The molecule has 3 saturated heterocycles. The zero-order chi connectivity index (χ0) is 42.7. The zero-order valence-electron chi connectivity index (χ0n) is 36.5. The molecule has 320 valence electrons. The largest absolute Gasteiger partial charge is 0.490 e. The number of carbonyl (C=O) groups is 2. The summed E-state index contributed by atoms with van der Waals surface area (Å²) in [5.41, 5.74) is 9.21. The fraction of sp³-hybridized carbons (Fsp3) is 0.396. The molecule has 62 heavy (non-hydrogen) atoms. The van der Waals surface area contributed by atoms with Crippen LogP contribution in [0.1, 0.15) is 63.5 Å². The lowest BCUT2D eigenvalue weighted by atomic mass is 9.95. The standard InChI is InChI=1S/C27H30N2O3.C26H28N2O2/c1-18-17-29(27(30)25-6-4-16-31-25)15-13-24(18)32-22-10-7-20(8-11-22)23-12-9-21-5-3-14-28-26(21)19(23)2;1-17-16-28(26(29)21-5-6-21)15-13-24(17)30-22-10-7-19(8-11-22)23-12-9-20-4-3-14-27-25(20)18(23)2/h3,5,7-12,14,18,24-25H,4,6,13,15-17H2,1-2H3;3-4,7-12,14,17,21,24H,5-6,13,15-16H2,1-2H3/t18?,24?,25-;/m1./s1. The van der Waals surface area contributed by atoms with E-state index in [2.05, 4.69) is 110 Å². The molecule has 6 aromatic rings. The summed E-state index contributed by atoms with van der Waals surface area (Å²) in [7, 11) is 0. The first-order valence-corrected chi connectivity index (χ1v) is 22.6. The van der Waals surface area contributed by atoms with Crippen LogP contribution in [0.25, 0.3) is 44.1 Å². The second-order valence-electron chi connectivity index (χ2n) is 17.9. The Labute approximate surface area is 365 Å². The molecule has 1 saturated carbocycles. The molecule has 0 spiro atoms. The van der Waals surface area contributed by atoms with Crippen LogP contribution in [0.15, 0.2) is 109 Å². The van der Waals surface area contributed by atoms with E-state index in [0.717, 1.165) is 98.2 Å². The molecular formula is C53H58N4O5. The van der Waals surface area contributed by atoms with Gasteiger partial charge in [0.25, 0.3) is 5.91 Å². The van der Waals surface area contributed by atoms with Crippen LogP contribution < -0.4 is 9.47 Å². The maximum absolute atomic E-state index is 12.6. The third-order valence-corrected chi connectivity index (χ3v) is 13.4. The van der Waals surface area contributed by atoms with Crippen LogP contribution in [0.2, 0.25) is 0 Å². The number of pyridine rings is 2. The highest BCUT2D eigenvalue weighted by atomic mass is 16.5. The maximum atomic E-state index is 12.6. The fourth-order valence-corrected chi connectivity index (χ4v) is 9.55. The molecule has 9 nitrogen and oxygen atoms in total. The van der Waals surface area contributed by atoms with Crippen LogP contribution in [0.5, 0.6) is 11.5 Å². The Hall–Kier alpha value is -5.80. The van der Waals surface area contributed by atoms with Gasteiger partial charge in [-0.05, 0) is 109 Å². The Bertz CT molecular complexity index is 2530. The van der Waals surface area contributed by atoms with Gasteiger partial charge in [0.15, 0.2) is 0 Å². The van der Waals surface area contributed by atoms with Gasteiger partial charge in [-0.2, -0.15) is 0 Å². The van der Waals surface area contributed by atoms with Gasteiger partial charge in [0.2, 0.25) is 5.91 Å². The van der Waals surface area contributed by atoms with Gasteiger partial charge >= 0.3 is 0 Å². The Morgan fingerprint density at radius 3 is 1.52 bits per heavy atom. The number of aryl methyl sites for hydroxylation is 2. The molecule has 4 aliphatic rings. The van der Waals surface area contributed by atoms with Gasteiger partial charge in [0, 0.05) is 86.5 Å². The minimum atomic E-state index is -0.235. The lowest BCUT2D eigenvalue weighted by Gasteiger charge is -2.37. The first-order chi connectivity index (χ1) is 30.2. The molecule has 1 aliphatic carbocycles. The number of fused-ring (bicyclic) bond motifs is 2. The van der Waals surface area contributed by atoms with Crippen molar-refractivity contribution in [3.63, 3.8) is 0 Å². The molecule has 0 bridgehead atoms. The highest BCUT2D eigenvalue weighted by molar-refractivity contribution is 5.89. The molecule has 0 N–H and O–H groups in total. The van der Waals surface area contributed by atoms with E-state index in [-0.39, 0.29) is 30.1 Å². The SMILES string of the molecule is Cc1c(-c2ccc(OC3CCN(C(=O)C4CC4)CC3C)cc2)ccc2cccnc12.Cc1c(-c2ccc(OC3CCN(C(=O)[C@H]4CCCO4)CC3C)cc2)ccc2cccnc12. The van der Waals surface area contributed by atoms with Gasteiger partial charge in [-0.1, -0.05) is 74.5 Å². The van der Waals surface area contributed by atoms with Gasteiger partial charge in [-0.25, -0.2) is 0 Å². The van der Waals surface area contributed by atoms with Crippen molar-refractivity contribution >= 4 is 33.6 Å². The van der Waals surface area contributed by atoms with E-state index < -0.39 is 0 Å². The molecule has 5 atom stereocenters. The Morgan fingerprint density at radius 1 is 0.597 bits per heavy atom. The molecule has 10 rings (SSSR count). The van der Waals surface area contributed by atoms with Crippen LogP contribution in [0.3, 0.4) is 0 Å². The van der Waals surface area contributed by atoms with Crippen molar-refractivity contribution in [1.82, 2.24) is 19.8 Å². The van der Waals surface area contributed by atoms with Gasteiger partial charge in [0.1, 0.15) is 29.8 Å². The Morgan fingerprint density at radius 2 is 1.08 bits per heavy atom. The number of rotatable bonds is 8. The molecular weight excluding hydrogens is 773 g/mol. The zero-order valence-corrected chi connectivity index (χ0v) is 36.5. The number of amides is 2. The molecule has 9 heteroatoms. The molecule has 4 aromatic carbocycles. The monoisotopic (exact) mass is 830 g/mol. The summed E-state index contributed by atoms with van der Waals surface area (Å²) in [4.78, 5) is 38.1. The van der Waals surface area contributed by atoms with E-state index >= 15 is 0 Å². The lowest BCUT2D eigenvalue weighted by molar-refractivity contribution is -0.144. The topological polar surface area (TPSA) is 94.1 Å². The molecule has 5 heterocycles. The number of benzene rings is 4. The van der Waals surface area contributed by atoms with Crippen molar-refractivity contribution in [2.24, 2.45) is 17.8 Å². The second kappa shape index (κ2) is 18.3. The highest BCUT2D eigenvalue weighted by Crippen LogP contribution is 2.35. The van der Waals surface area contributed by atoms with Crippen LogP contribution in [0, 0.1) is 31.6 Å². The second-order valence-corrected chi connectivity index (χ2v) is 17.9. The summed E-state index contributed by atoms with van der Waals surface area (Å²) in [6.07, 6.45) is 9.45. The van der Waals surface area contributed by atoms with Crippen molar-refractivity contribution in [2.75, 3.05) is 32.8 Å². The normalized spacial score (nSPS) is 22.5. The fourth-order valence-electron chi connectivity index (χ4n) is 9.55. The van der Waals surface area contributed by atoms with Crippen molar-refractivity contribution < 1.29 is 23.8 Å². The van der Waals surface area contributed by atoms with E-state index in [0.29, 0.717) is 24.3 Å². The van der Waals surface area contributed by atoms with Crippen LogP contribution in [0.4, 0.5) is 0 Å². The summed E-state index contributed by atoms with van der Waals surface area (Å²) < 4.78 is 18.2. The summed E-state index contributed by atoms with van der Waals surface area (Å²) in [5, 5.41) is 2.33. The first kappa shape index (κ1) is 41.5. The molecule has 2 aromatic heterocycles. The third kappa shape index (κ3) is 9.05. The van der Waals surface area contributed by atoms with E-state index in [9.17, 15) is 9.59 Å². The number of nitrogens with zero attached hydrogens (tertiary/aromatic N) is 4. The van der Waals surface area contributed by atoms with Crippen LogP contribution in [-0.2, 0) is 14.3 Å². The summed E-state index contributed by atoms with van der Waals surface area (Å²) in [5.74, 6) is 3.20. The predicted molar refractivity (Wildman–Crippen MR) is 245 cm³/mol. The lowest BCUT2D eigenvalue weighted by Crippen LogP contribution is -2.49. The van der Waals surface area contributed by atoms with Crippen molar-refractivity contribution in [3.05, 3.63) is 121 Å². The van der Waals surface area contributed by atoms with Gasteiger partial charge in [-0.15, -0.1) is 0 Å². The number of hydrogen-bond donors (Lipinski definition) is 0. The first-order valence-electron chi connectivity index (χ1n) is 22.6. The average molecular weight is 831 g/mol. The maximum Gasteiger partial charge on any atom is 0.251 e. The third-order valence-electron chi connectivity index (χ3n) is 13.4. The summed E-state index contributed by atoms with van der Waals surface area (Å²) in [6.45, 7) is 12.4. The number of hydrogen-bond acceptors (Lipinski definition) is 7. The van der Waals surface area contributed by atoms with E-state index in [1.807, 2.05) is 46.5 Å². The van der Waals surface area contributed by atoms with Crippen molar-refractivity contribution in [3.8, 4) is 33.8 Å². The average Bonchev–Trinajstić information content (AvgIpc) is 4.01. The van der Waals surface area contributed by atoms with Crippen molar-refractivity contribution in [1.29, 1.82) is 0 Å². The number of aromatic nitrogens is 2. The quantitative estimate of drug-likeness (QED) is 0.151. The van der Waals surface area contributed by atoms with Crippen LogP contribution in [-0.4, -0.2) is 82.7 Å². The predicted octanol–water partition coefficient (Wildman–Crippen LogP) is 10.2. The minimum absolute atomic E-state index is 0.112. The van der Waals surface area contributed by atoms with E-state index in [1.54, 1.807) is 0 Å². The number of piperidine rings is 2. The number of likely N-dealkylation sites (tertiary alicyclic amines) is 2. The molecule has 0 radical (unpaired) electrons. The van der Waals surface area contributed by atoms with Gasteiger partial charge in [-0.3, -0.25) is 19.6 Å². The Balaban J connectivity index is 0.000000158. The minimum Gasteiger partial charge on any atom is -0.490 e. The highest BCUT2D eigenvalue weighted by Gasteiger charge is 2.38. The van der Waals surface area contributed by atoms with Gasteiger partial charge < -0.3 is 24.0 Å². The summed E-state index contributed by atoms with van der Waals surface area (Å²) in [6, 6.07) is 33.4. The van der Waals surface area contributed by atoms with Crippen molar-refractivity contribution in [2.45, 2.75) is 84.5 Å². The Kier molecular flexibility index (Phi) is 12.2. The smallest absolute Gasteiger partial charge is 0.251 e. The number of carbonyl (C=O) groups excluding carboxylic acids is 2. The molecule has 3 aliphatic heterocycles. The van der Waals surface area contributed by atoms with E-state index in [4.69, 9.17) is 14.2 Å². The van der Waals surface area contributed by atoms with Crippen LogP contribution >= 0.6 is 0 Å². The molecule has 4 unspecified atom stereocenters. The molecule has 4 fully saturated rings. The summed E-state index contributed by atoms with van der Waals surface area (Å²) >= 11 is 0. The number of ether oxygens (including phenoxy) is 3.